The van der Waals surface area contributed by atoms with Crippen LogP contribution in [0.2, 0.25) is 0 Å². The fraction of sp³-hybridized carbons (Fsp3) is 0.636. The van der Waals surface area contributed by atoms with Crippen LogP contribution in [0.4, 0.5) is 0 Å². The number of hydrogen-bond acceptors (Lipinski definition) is 5. The normalized spacial score (nSPS) is 23.9. The van der Waals surface area contributed by atoms with E-state index in [-0.39, 0.29) is 0 Å². The number of thioether (sulfide) groups is 1. The first-order chi connectivity index (χ1) is 8.46. The molecule has 2 rings (SSSR count). The quantitative estimate of drug-likeness (QED) is 0.815. The first-order valence-electron chi connectivity index (χ1n) is 5.88. The summed E-state index contributed by atoms with van der Waals surface area (Å²) >= 11 is 3.72. The maximum Gasteiger partial charge on any atom is 0.208 e. The molecule has 2 N–H and O–H groups in total. The maximum atomic E-state index is 11.0. The van der Waals surface area contributed by atoms with Gasteiger partial charge in [0.15, 0.2) is 0 Å². The van der Waals surface area contributed by atoms with Crippen LogP contribution < -0.4 is 10.0 Å². The van der Waals surface area contributed by atoms with Gasteiger partial charge in [-0.3, -0.25) is 0 Å². The Balaban J connectivity index is 1.87. The largest absolute Gasteiger partial charge is 0.309 e. The predicted molar refractivity (Wildman–Crippen MR) is 77.8 cm³/mol. The lowest BCUT2D eigenvalue weighted by Crippen LogP contribution is -2.34. The number of nitrogens with one attached hydrogen (secondary N) is 2. The molecule has 0 radical (unpaired) electrons. The number of rotatable bonds is 5. The summed E-state index contributed by atoms with van der Waals surface area (Å²) in [4.78, 5) is 0. The van der Waals surface area contributed by atoms with Crippen LogP contribution in [-0.2, 0) is 10.0 Å². The summed E-state index contributed by atoms with van der Waals surface area (Å²) in [5.74, 6) is 0. The second kappa shape index (κ2) is 5.92. The van der Waals surface area contributed by atoms with Gasteiger partial charge in [0, 0.05) is 24.4 Å². The highest BCUT2D eigenvalue weighted by Crippen LogP contribution is 2.43. The molecule has 0 aliphatic carbocycles. The van der Waals surface area contributed by atoms with Crippen molar-refractivity contribution in [2.45, 2.75) is 28.8 Å². The van der Waals surface area contributed by atoms with Crippen molar-refractivity contribution in [2.75, 3.05) is 19.3 Å². The van der Waals surface area contributed by atoms with Gasteiger partial charge < -0.3 is 5.32 Å². The second-order valence-electron chi connectivity index (χ2n) is 4.50. The molecule has 0 fully saturated rings. The molecular formula is C11H18N2O2S3. The molecule has 1 unspecified atom stereocenters. The van der Waals surface area contributed by atoms with E-state index in [4.69, 9.17) is 0 Å². The molecule has 0 amide bonds. The van der Waals surface area contributed by atoms with Crippen LogP contribution in [0.25, 0.3) is 0 Å². The van der Waals surface area contributed by atoms with Gasteiger partial charge in [-0.1, -0.05) is 6.92 Å². The van der Waals surface area contributed by atoms with Gasteiger partial charge in [0.05, 0.1) is 10.5 Å². The van der Waals surface area contributed by atoms with Crippen molar-refractivity contribution >= 4 is 33.1 Å². The Morgan fingerprint density at radius 1 is 1.44 bits per heavy atom. The van der Waals surface area contributed by atoms with E-state index in [2.05, 4.69) is 28.4 Å². The molecule has 2 atom stereocenters. The van der Waals surface area contributed by atoms with E-state index in [0.29, 0.717) is 24.4 Å². The highest BCUT2D eigenvalue weighted by atomic mass is 32.2. The lowest BCUT2D eigenvalue weighted by Gasteiger charge is -2.27. The molecule has 2 heterocycles. The summed E-state index contributed by atoms with van der Waals surface area (Å²) in [6.07, 6.45) is 2.27. The fourth-order valence-corrected chi connectivity index (χ4v) is 5.06. The minimum atomic E-state index is -3.08. The summed E-state index contributed by atoms with van der Waals surface area (Å²) in [6.45, 7) is 3.33. The SMILES string of the molecule is C[C@H]1CC(NCCNS(C)(=O)=O)c2ccsc2S1. The number of thiophene rings is 1. The van der Waals surface area contributed by atoms with Crippen LogP contribution in [0.5, 0.6) is 0 Å². The average molecular weight is 306 g/mol. The van der Waals surface area contributed by atoms with Gasteiger partial charge in [-0.2, -0.15) is 0 Å². The summed E-state index contributed by atoms with van der Waals surface area (Å²) in [7, 11) is -3.08. The molecule has 0 bridgehead atoms. The van der Waals surface area contributed by atoms with Crippen LogP contribution in [-0.4, -0.2) is 33.0 Å². The van der Waals surface area contributed by atoms with Gasteiger partial charge in [0.1, 0.15) is 0 Å². The van der Waals surface area contributed by atoms with Crippen LogP contribution in [0, 0.1) is 0 Å². The molecule has 1 aliphatic rings. The first kappa shape index (κ1) is 14.3. The molecule has 102 valence electrons. The van der Waals surface area contributed by atoms with E-state index in [9.17, 15) is 8.42 Å². The standard InChI is InChI=1S/C11H18N2O2S3/c1-8-7-10(9-3-6-16-11(9)17-8)12-4-5-13-18(2,14)15/h3,6,8,10,12-13H,4-5,7H2,1-2H3/t8-,10?/m0/s1. The van der Waals surface area contributed by atoms with Gasteiger partial charge in [0.2, 0.25) is 10.0 Å². The molecule has 4 nitrogen and oxygen atoms in total. The zero-order chi connectivity index (χ0) is 13.2. The molecule has 7 heteroatoms. The number of hydrogen-bond donors (Lipinski definition) is 2. The monoisotopic (exact) mass is 306 g/mol. The van der Waals surface area contributed by atoms with Crippen molar-refractivity contribution in [2.24, 2.45) is 0 Å². The average Bonchev–Trinajstić information content (AvgIpc) is 2.70. The zero-order valence-corrected chi connectivity index (χ0v) is 12.9. The van der Waals surface area contributed by atoms with Crippen molar-refractivity contribution in [3.05, 3.63) is 17.0 Å². The van der Waals surface area contributed by atoms with Gasteiger partial charge in [0.25, 0.3) is 0 Å². The summed E-state index contributed by atoms with van der Waals surface area (Å²) < 4.78 is 25.8. The molecule has 1 aromatic rings. The topological polar surface area (TPSA) is 58.2 Å². The van der Waals surface area contributed by atoms with Crippen molar-refractivity contribution in [3.8, 4) is 0 Å². The van der Waals surface area contributed by atoms with Gasteiger partial charge >= 0.3 is 0 Å². The third-order valence-corrected chi connectivity index (χ3v) is 5.86. The lowest BCUT2D eigenvalue weighted by molar-refractivity contribution is 0.489. The van der Waals surface area contributed by atoms with E-state index in [1.807, 2.05) is 11.8 Å². The summed E-state index contributed by atoms with van der Waals surface area (Å²) in [6, 6.07) is 2.52. The predicted octanol–water partition coefficient (Wildman–Crippen LogP) is 1.81. The van der Waals surface area contributed by atoms with Crippen molar-refractivity contribution in [1.29, 1.82) is 0 Å². The van der Waals surface area contributed by atoms with Gasteiger partial charge in [-0.05, 0) is 23.4 Å². The Bertz CT molecular complexity index is 498. The Morgan fingerprint density at radius 2 is 2.22 bits per heavy atom. The summed E-state index contributed by atoms with van der Waals surface area (Å²) in [5, 5.41) is 6.17. The van der Waals surface area contributed by atoms with Crippen molar-refractivity contribution < 1.29 is 8.42 Å². The lowest BCUT2D eigenvalue weighted by atomic mass is 10.1. The molecule has 1 aliphatic heterocycles. The highest BCUT2D eigenvalue weighted by molar-refractivity contribution is 8.01. The zero-order valence-electron chi connectivity index (χ0n) is 10.5. The molecule has 0 aromatic carbocycles. The van der Waals surface area contributed by atoms with Crippen molar-refractivity contribution in [1.82, 2.24) is 10.0 Å². The second-order valence-corrected chi connectivity index (χ2v) is 8.96. The molecule has 0 spiro atoms. The Hall–Kier alpha value is -0.0800. The Kier molecular flexibility index (Phi) is 4.71. The van der Waals surface area contributed by atoms with E-state index < -0.39 is 10.0 Å². The van der Waals surface area contributed by atoms with E-state index in [1.54, 1.807) is 11.3 Å². The Morgan fingerprint density at radius 3 is 2.94 bits per heavy atom. The van der Waals surface area contributed by atoms with Crippen LogP contribution in [0.15, 0.2) is 15.7 Å². The molecule has 0 saturated heterocycles. The minimum absolute atomic E-state index is 0.351. The van der Waals surface area contributed by atoms with Crippen LogP contribution >= 0.6 is 23.1 Å². The van der Waals surface area contributed by atoms with Gasteiger partial charge in [-0.25, -0.2) is 13.1 Å². The molecule has 18 heavy (non-hydrogen) atoms. The molecular weight excluding hydrogens is 288 g/mol. The van der Waals surface area contributed by atoms with E-state index in [1.165, 1.54) is 16.0 Å². The van der Waals surface area contributed by atoms with E-state index >= 15 is 0 Å². The van der Waals surface area contributed by atoms with Crippen LogP contribution in [0.3, 0.4) is 0 Å². The summed E-state index contributed by atoms with van der Waals surface area (Å²) in [5.41, 5.74) is 1.36. The third kappa shape index (κ3) is 3.96. The first-order valence-corrected chi connectivity index (χ1v) is 9.53. The Labute approximate surface area is 117 Å². The molecule has 0 saturated carbocycles. The van der Waals surface area contributed by atoms with E-state index in [0.717, 1.165) is 6.42 Å². The third-order valence-electron chi connectivity index (χ3n) is 2.79. The van der Waals surface area contributed by atoms with Crippen molar-refractivity contribution in [3.63, 3.8) is 0 Å². The number of sulfonamides is 1. The maximum absolute atomic E-state index is 11.0. The fourth-order valence-electron chi connectivity index (χ4n) is 2.03. The van der Waals surface area contributed by atoms with Gasteiger partial charge in [-0.15, -0.1) is 23.1 Å². The smallest absolute Gasteiger partial charge is 0.208 e. The highest BCUT2D eigenvalue weighted by Gasteiger charge is 2.25. The van der Waals surface area contributed by atoms with Crippen LogP contribution in [0.1, 0.15) is 24.9 Å². The minimum Gasteiger partial charge on any atom is -0.309 e. The number of fused-ring (bicyclic) bond motifs is 1. The molecule has 1 aromatic heterocycles.